The molecule has 0 saturated carbocycles. The number of nitrogens with zero attached hydrogens (tertiary/aromatic N) is 1. The first-order valence-electron chi connectivity index (χ1n) is 11.3. The molecule has 0 aliphatic carbocycles. The first-order valence-corrected chi connectivity index (χ1v) is 12.7. The third-order valence-electron chi connectivity index (χ3n) is 5.70. The van der Waals surface area contributed by atoms with Gasteiger partial charge >= 0.3 is 6.61 Å². The van der Waals surface area contributed by atoms with Crippen molar-refractivity contribution in [1.82, 2.24) is 9.62 Å². The maximum absolute atomic E-state index is 12.9. The maximum atomic E-state index is 12.9. The van der Waals surface area contributed by atoms with Gasteiger partial charge in [0.25, 0.3) is 0 Å². The van der Waals surface area contributed by atoms with E-state index in [-0.39, 0.29) is 35.3 Å². The predicted molar refractivity (Wildman–Crippen MR) is 123 cm³/mol. The van der Waals surface area contributed by atoms with Crippen LogP contribution in [0.4, 0.5) is 8.78 Å². The van der Waals surface area contributed by atoms with Crippen molar-refractivity contribution in [2.45, 2.75) is 56.6 Å². The maximum Gasteiger partial charge on any atom is 0.387 e. The smallest absolute Gasteiger partial charge is 0.387 e. The lowest BCUT2D eigenvalue weighted by molar-refractivity contribution is -0.121. The van der Waals surface area contributed by atoms with Gasteiger partial charge in [-0.2, -0.15) is 13.1 Å². The summed E-state index contributed by atoms with van der Waals surface area (Å²) >= 11 is 0. The highest BCUT2D eigenvalue weighted by molar-refractivity contribution is 7.89. The summed E-state index contributed by atoms with van der Waals surface area (Å²) in [5.41, 5.74) is 1.54. The van der Waals surface area contributed by atoms with Crippen LogP contribution in [0, 0.1) is 0 Å². The molecule has 0 unspecified atom stereocenters. The van der Waals surface area contributed by atoms with Crippen LogP contribution >= 0.6 is 0 Å². The number of nitrogens with one attached hydrogen (secondary N) is 1. The highest BCUT2D eigenvalue weighted by atomic mass is 32.2. The van der Waals surface area contributed by atoms with Crippen molar-refractivity contribution < 1.29 is 31.5 Å². The lowest BCUT2D eigenvalue weighted by Gasteiger charge is -2.20. The molecule has 1 N–H and O–H groups in total. The van der Waals surface area contributed by atoms with Crippen LogP contribution in [0.2, 0.25) is 0 Å². The summed E-state index contributed by atoms with van der Waals surface area (Å²) in [6.45, 7) is -1.64. The molecule has 0 aromatic heterocycles. The fraction of sp³-hybridized carbons (Fsp3) is 0.458. The van der Waals surface area contributed by atoms with Gasteiger partial charge < -0.3 is 14.8 Å². The number of rotatable bonds is 10. The summed E-state index contributed by atoms with van der Waals surface area (Å²) in [7, 11) is -2.15. The zero-order valence-corrected chi connectivity index (χ0v) is 20.0. The Kier molecular flexibility index (Phi) is 9.23. The summed E-state index contributed by atoms with van der Waals surface area (Å²) in [5.74, 6) is -0.107. The second kappa shape index (κ2) is 12.1. The van der Waals surface area contributed by atoms with Gasteiger partial charge in [-0.15, -0.1) is 0 Å². The van der Waals surface area contributed by atoms with Gasteiger partial charge in [0.2, 0.25) is 15.9 Å². The predicted octanol–water partition coefficient (Wildman–Crippen LogP) is 4.11. The number of ether oxygens (including phenoxy) is 2. The molecule has 2 aromatic carbocycles. The molecular formula is C24H30F2N2O5S. The second-order valence-corrected chi connectivity index (χ2v) is 10.0. The number of sulfonamides is 1. The molecular weight excluding hydrogens is 466 g/mol. The molecule has 186 valence electrons. The number of halogens is 2. The monoisotopic (exact) mass is 496 g/mol. The summed E-state index contributed by atoms with van der Waals surface area (Å²) < 4.78 is 61.6. The van der Waals surface area contributed by atoms with Gasteiger partial charge in [0.1, 0.15) is 0 Å². The van der Waals surface area contributed by atoms with E-state index in [0.29, 0.717) is 25.1 Å². The number of carbonyl (C=O) groups is 1. The molecule has 1 aliphatic heterocycles. The van der Waals surface area contributed by atoms with Crippen LogP contribution in [0.5, 0.6) is 11.5 Å². The van der Waals surface area contributed by atoms with Crippen molar-refractivity contribution in [3.05, 3.63) is 53.6 Å². The highest BCUT2D eigenvalue weighted by Gasteiger charge is 2.24. The quantitative estimate of drug-likeness (QED) is 0.535. The Labute approximate surface area is 199 Å². The Balaban J connectivity index is 1.50. The Morgan fingerprint density at radius 3 is 2.26 bits per heavy atom. The molecule has 3 rings (SSSR count). The summed E-state index contributed by atoms with van der Waals surface area (Å²) in [4.78, 5) is 12.5. The van der Waals surface area contributed by atoms with E-state index in [4.69, 9.17) is 4.74 Å². The Morgan fingerprint density at radius 2 is 1.65 bits per heavy atom. The van der Waals surface area contributed by atoms with Crippen molar-refractivity contribution >= 4 is 15.9 Å². The Morgan fingerprint density at radius 1 is 1.00 bits per heavy atom. The zero-order chi connectivity index (χ0) is 24.6. The molecule has 0 bridgehead atoms. The first kappa shape index (κ1) is 25.9. The van der Waals surface area contributed by atoms with Crippen molar-refractivity contribution in [3.8, 4) is 11.5 Å². The molecule has 0 spiro atoms. The molecule has 0 atom stereocenters. The third-order valence-corrected chi connectivity index (χ3v) is 7.61. The second-order valence-electron chi connectivity index (χ2n) is 8.10. The molecule has 1 fully saturated rings. The standard InChI is InChI=1S/C24H30F2N2O5S/c1-32-22-16-19(8-12-21(22)33-24(25)26)17-27-23(29)13-9-18-6-10-20(11-7-18)34(30,31)28-14-4-2-3-5-15-28/h6-8,10-12,16,24H,2-5,9,13-15,17H2,1H3,(H,27,29). The average molecular weight is 497 g/mol. The van der Waals surface area contributed by atoms with Crippen LogP contribution in [0.25, 0.3) is 0 Å². The van der Waals surface area contributed by atoms with E-state index in [2.05, 4.69) is 10.1 Å². The fourth-order valence-electron chi connectivity index (χ4n) is 3.82. The van der Waals surface area contributed by atoms with Gasteiger partial charge in [-0.3, -0.25) is 4.79 Å². The number of hydrogen-bond donors (Lipinski definition) is 1. The van der Waals surface area contributed by atoms with Gasteiger partial charge in [0.05, 0.1) is 12.0 Å². The third kappa shape index (κ3) is 7.14. The van der Waals surface area contributed by atoms with Gasteiger partial charge in [0.15, 0.2) is 11.5 Å². The number of amides is 1. The van der Waals surface area contributed by atoms with Crippen LogP contribution < -0.4 is 14.8 Å². The van der Waals surface area contributed by atoms with Crippen molar-refractivity contribution in [3.63, 3.8) is 0 Å². The molecule has 1 heterocycles. The summed E-state index contributed by atoms with van der Waals surface area (Å²) in [6.07, 6.45) is 4.56. The normalized spacial score (nSPS) is 15.1. The number of carbonyl (C=O) groups excluding carboxylic acids is 1. The van der Waals surface area contributed by atoms with E-state index in [1.807, 2.05) is 0 Å². The minimum absolute atomic E-state index is 0.0751. The van der Waals surface area contributed by atoms with E-state index < -0.39 is 16.6 Å². The van der Waals surface area contributed by atoms with Gasteiger partial charge in [0, 0.05) is 26.1 Å². The molecule has 2 aromatic rings. The van der Waals surface area contributed by atoms with Crippen LogP contribution in [0.3, 0.4) is 0 Å². The molecule has 1 amide bonds. The van der Waals surface area contributed by atoms with E-state index in [9.17, 15) is 22.0 Å². The fourth-order valence-corrected chi connectivity index (χ4v) is 5.34. The van der Waals surface area contributed by atoms with E-state index in [1.54, 1.807) is 34.6 Å². The minimum atomic E-state index is -3.50. The first-order chi connectivity index (χ1) is 16.3. The largest absolute Gasteiger partial charge is 0.493 e. The molecule has 1 aliphatic rings. The number of methoxy groups -OCH3 is 1. The van der Waals surface area contributed by atoms with E-state index in [1.165, 1.54) is 19.2 Å². The van der Waals surface area contributed by atoms with Crippen LogP contribution in [-0.4, -0.2) is 45.4 Å². The topological polar surface area (TPSA) is 84.9 Å². The van der Waals surface area contributed by atoms with E-state index >= 15 is 0 Å². The molecule has 0 radical (unpaired) electrons. The Bertz CT molecular complexity index is 1050. The minimum Gasteiger partial charge on any atom is -0.493 e. The van der Waals surface area contributed by atoms with Crippen molar-refractivity contribution in [2.75, 3.05) is 20.2 Å². The molecule has 10 heteroatoms. The number of aryl methyl sites for hydroxylation is 1. The molecule has 7 nitrogen and oxygen atoms in total. The van der Waals surface area contributed by atoms with Crippen molar-refractivity contribution in [1.29, 1.82) is 0 Å². The van der Waals surface area contributed by atoms with Crippen molar-refractivity contribution in [2.24, 2.45) is 0 Å². The van der Waals surface area contributed by atoms with Crippen LogP contribution in [0.1, 0.15) is 43.2 Å². The van der Waals surface area contributed by atoms with Gasteiger partial charge in [-0.1, -0.05) is 31.0 Å². The number of benzene rings is 2. The number of hydrogen-bond acceptors (Lipinski definition) is 5. The van der Waals surface area contributed by atoms with Gasteiger partial charge in [-0.05, 0) is 54.7 Å². The lowest BCUT2D eigenvalue weighted by Crippen LogP contribution is -2.31. The SMILES string of the molecule is COc1cc(CNC(=O)CCc2ccc(S(=O)(=O)N3CCCCCC3)cc2)ccc1OC(F)F. The summed E-state index contributed by atoms with van der Waals surface area (Å²) in [6, 6.07) is 11.2. The lowest BCUT2D eigenvalue weighted by atomic mass is 10.1. The Hall–Kier alpha value is -2.72. The average Bonchev–Trinajstić information content (AvgIpc) is 3.12. The molecule has 1 saturated heterocycles. The van der Waals surface area contributed by atoms with Crippen LogP contribution in [-0.2, 0) is 27.8 Å². The van der Waals surface area contributed by atoms with Gasteiger partial charge in [-0.25, -0.2) is 8.42 Å². The zero-order valence-electron chi connectivity index (χ0n) is 19.1. The van der Waals surface area contributed by atoms with Crippen LogP contribution in [0.15, 0.2) is 47.4 Å². The highest BCUT2D eigenvalue weighted by Crippen LogP contribution is 2.29. The molecule has 34 heavy (non-hydrogen) atoms. The summed E-state index contributed by atoms with van der Waals surface area (Å²) in [5, 5.41) is 2.78. The van der Waals surface area contributed by atoms with E-state index in [0.717, 1.165) is 31.2 Å². The number of alkyl halides is 2.